The maximum absolute atomic E-state index is 5.06. The lowest BCUT2D eigenvalue weighted by molar-refractivity contribution is 1.07. The van der Waals surface area contributed by atoms with Gasteiger partial charge in [-0.25, -0.2) is 15.0 Å². The Bertz CT molecular complexity index is 2410. The van der Waals surface area contributed by atoms with E-state index in [2.05, 4.69) is 73.8 Å². The molecular weight excluding hydrogens is 585 g/mol. The first-order valence-electron chi connectivity index (χ1n) is 15.9. The van der Waals surface area contributed by atoms with E-state index in [1.807, 2.05) is 97.2 Å². The second-order valence-electron chi connectivity index (χ2n) is 11.6. The molecule has 0 aliphatic rings. The first kappa shape index (κ1) is 28.9. The Hall–Kier alpha value is -6.52. The largest absolute Gasteiger partial charge is 0.256 e. The second kappa shape index (κ2) is 12.3. The lowest BCUT2D eigenvalue weighted by Gasteiger charge is -2.17. The Morgan fingerprint density at radius 1 is 0.417 bits per heavy atom. The van der Waals surface area contributed by atoms with Gasteiger partial charge in [-0.2, -0.15) is 0 Å². The summed E-state index contributed by atoms with van der Waals surface area (Å²) < 4.78 is 0. The quantitative estimate of drug-likeness (QED) is 0.168. The molecule has 6 aromatic carbocycles. The molecule has 0 spiro atoms. The summed E-state index contributed by atoms with van der Waals surface area (Å²) in [6.07, 6.45) is 5.69. The highest BCUT2D eigenvalue weighted by atomic mass is 15.0. The van der Waals surface area contributed by atoms with Crippen LogP contribution in [0.3, 0.4) is 0 Å². The monoisotopic (exact) mass is 614 g/mol. The number of nitrogens with zero attached hydrogens (tertiary/aromatic N) is 4. The van der Waals surface area contributed by atoms with Crippen molar-refractivity contribution in [2.24, 2.45) is 0 Å². The average Bonchev–Trinajstić information content (AvgIpc) is 3.17. The minimum atomic E-state index is 0.590. The highest BCUT2D eigenvalue weighted by Gasteiger charge is 2.18. The molecule has 0 aliphatic heterocycles. The standard InChI is InChI=1S/C44H30N4/c1-3-34-35(4-2)38-23-15-22-36(41(38)39-21-12-11-20-37(34)39)31-26-32(40-24-13-14-25-45-40)28-33(27-31)44-47-42(29-16-7-5-8-17-29)46-43(48-44)30-18-9-6-10-19-30/h3-28H,1-2H2. The lowest BCUT2D eigenvalue weighted by Crippen LogP contribution is -2.00. The highest BCUT2D eigenvalue weighted by molar-refractivity contribution is 6.19. The van der Waals surface area contributed by atoms with E-state index < -0.39 is 0 Å². The van der Waals surface area contributed by atoms with Crippen LogP contribution in [0.25, 0.3) is 90.2 Å². The van der Waals surface area contributed by atoms with Crippen molar-refractivity contribution in [3.8, 4) is 56.5 Å². The molecule has 8 rings (SSSR count). The van der Waals surface area contributed by atoms with Gasteiger partial charge in [0.05, 0.1) is 5.69 Å². The van der Waals surface area contributed by atoms with Crippen molar-refractivity contribution in [3.63, 3.8) is 0 Å². The van der Waals surface area contributed by atoms with Gasteiger partial charge in [0.15, 0.2) is 17.5 Å². The van der Waals surface area contributed by atoms with Crippen LogP contribution < -0.4 is 0 Å². The Morgan fingerprint density at radius 3 is 1.56 bits per heavy atom. The number of hydrogen-bond acceptors (Lipinski definition) is 4. The van der Waals surface area contributed by atoms with Gasteiger partial charge in [0.2, 0.25) is 0 Å². The minimum absolute atomic E-state index is 0.590. The fourth-order valence-electron chi connectivity index (χ4n) is 6.50. The van der Waals surface area contributed by atoms with Gasteiger partial charge in [-0.15, -0.1) is 0 Å². The summed E-state index contributed by atoms with van der Waals surface area (Å²) in [4.78, 5) is 19.8. The number of benzene rings is 6. The predicted molar refractivity (Wildman–Crippen MR) is 200 cm³/mol. The topological polar surface area (TPSA) is 51.6 Å². The van der Waals surface area contributed by atoms with E-state index in [0.717, 1.165) is 71.7 Å². The molecule has 0 bridgehead atoms. The molecule has 4 heteroatoms. The number of fused-ring (bicyclic) bond motifs is 3. The second-order valence-corrected chi connectivity index (χ2v) is 11.6. The maximum atomic E-state index is 5.06. The van der Waals surface area contributed by atoms with Gasteiger partial charge >= 0.3 is 0 Å². The Kier molecular flexibility index (Phi) is 7.44. The molecule has 0 unspecified atom stereocenters. The van der Waals surface area contributed by atoms with Gasteiger partial charge in [-0.05, 0) is 74.1 Å². The minimum Gasteiger partial charge on any atom is -0.256 e. The SMILES string of the molecule is C=Cc1c(C=C)c2cccc(-c3cc(-c4ccccn4)cc(-c4nc(-c5ccccc5)nc(-c5ccccc5)n4)c3)c2c2ccccc12. The van der Waals surface area contributed by atoms with Gasteiger partial charge < -0.3 is 0 Å². The van der Waals surface area contributed by atoms with Crippen molar-refractivity contribution in [3.05, 3.63) is 170 Å². The molecule has 0 N–H and O–H groups in total. The third-order valence-electron chi connectivity index (χ3n) is 8.70. The first-order chi connectivity index (χ1) is 23.7. The van der Waals surface area contributed by atoms with Crippen molar-refractivity contribution in [1.82, 2.24) is 19.9 Å². The fraction of sp³-hybridized carbons (Fsp3) is 0. The van der Waals surface area contributed by atoms with E-state index in [1.165, 1.54) is 0 Å². The van der Waals surface area contributed by atoms with Crippen LogP contribution in [0.1, 0.15) is 11.1 Å². The van der Waals surface area contributed by atoms with Crippen LogP contribution in [-0.2, 0) is 0 Å². The zero-order valence-corrected chi connectivity index (χ0v) is 26.2. The van der Waals surface area contributed by atoms with Crippen molar-refractivity contribution < 1.29 is 0 Å². The summed E-state index contributed by atoms with van der Waals surface area (Å²) in [5.74, 6) is 1.83. The van der Waals surface area contributed by atoms with Crippen molar-refractivity contribution in [2.75, 3.05) is 0 Å². The van der Waals surface area contributed by atoms with Crippen LogP contribution in [0.5, 0.6) is 0 Å². The smallest absolute Gasteiger partial charge is 0.164 e. The highest BCUT2D eigenvalue weighted by Crippen LogP contribution is 2.41. The molecule has 48 heavy (non-hydrogen) atoms. The molecule has 226 valence electrons. The molecular formula is C44H30N4. The Morgan fingerprint density at radius 2 is 0.938 bits per heavy atom. The van der Waals surface area contributed by atoms with E-state index in [4.69, 9.17) is 19.9 Å². The summed E-state index contributed by atoms with van der Waals surface area (Å²) in [6, 6.07) is 47.6. The summed E-state index contributed by atoms with van der Waals surface area (Å²) >= 11 is 0. The fourth-order valence-corrected chi connectivity index (χ4v) is 6.50. The molecule has 0 radical (unpaired) electrons. The van der Waals surface area contributed by atoms with Gasteiger partial charge in [-0.1, -0.05) is 135 Å². The normalized spacial score (nSPS) is 11.1. The van der Waals surface area contributed by atoms with Gasteiger partial charge in [0, 0.05) is 28.5 Å². The Balaban J connectivity index is 1.44. The summed E-state index contributed by atoms with van der Waals surface area (Å²) in [7, 11) is 0. The lowest BCUT2D eigenvalue weighted by atomic mass is 9.86. The molecule has 8 aromatic rings. The van der Waals surface area contributed by atoms with Gasteiger partial charge in [0.1, 0.15) is 0 Å². The Labute approximate surface area is 279 Å². The van der Waals surface area contributed by atoms with E-state index in [1.54, 1.807) is 0 Å². The first-order valence-corrected chi connectivity index (χ1v) is 15.9. The number of aromatic nitrogens is 4. The van der Waals surface area contributed by atoms with Crippen LogP contribution in [0.2, 0.25) is 0 Å². The van der Waals surface area contributed by atoms with E-state index in [0.29, 0.717) is 17.5 Å². The molecule has 0 saturated carbocycles. The maximum Gasteiger partial charge on any atom is 0.164 e. The summed E-state index contributed by atoms with van der Waals surface area (Å²) in [5.41, 5.74) is 8.85. The van der Waals surface area contributed by atoms with Crippen molar-refractivity contribution in [2.45, 2.75) is 0 Å². The molecule has 2 heterocycles. The van der Waals surface area contributed by atoms with Crippen LogP contribution in [0.15, 0.2) is 159 Å². The van der Waals surface area contributed by atoms with E-state index in [9.17, 15) is 0 Å². The number of pyridine rings is 1. The van der Waals surface area contributed by atoms with Crippen LogP contribution in [0.4, 0.5) is 0 Å². The van der Waals surface area contributed by atoms with E-state index in [-0.39, 0.29) is 0 Å². The molecule has 0 amide bonds. The molecule has 0 fully saturated rings. The molecule has 0 saturated heterocycles. The molecule has 2 aromatic heterocycles. The van der Waals surface area contributed by atoms with Crippen LogP contribution in [-0.4, -0.2) is 19.9 Å². The van der Waals surface area contributed by atoms with E-state index >= 15 is 0 Å². The van der Waals surface area contributed by atoms with Crippen LogP contribution >= 0.6 is 0 Å². The van der Waals surface area contributed by atoms with Crippen molar-refractivity contribution >= 4 is 33.7 Å². The number of hydrogen-bond donors (Lipinski definition) is 0. The third kappa shape index (κ3) is 5.16. The molecule has 0 atom stereocenters. The van der Waals surface area contributed by atoms with Crippen molar-refractivity contribution in [1.29, 1.82) is 0 Å². The van der Waals surface area contributed by atoms with Crippen LogP contribution in [0, 0.1) is 0 Å². The van der Waals surface area contributed by atoms with Gasteiger partial charge in [0.25, 0.3) is 0 Å². The zero-order chi connectivity index (χ0) is 32.5. The summed E-state index contributed by atoms with van der Waals surface area (Å²) in [5, 5.41) is 4.58. The van der Waals surface area contributed by atoms with Gasteiger partial charge in [-0.3, -0.25) is 4.98 Å². The molecule has 0 aliphatic carbocycles. The molecule has 4 nitrogen and oxygen atoms in total. The third-order valence-corrected chi connectivity index (χ3v) is 8.70. The average molecular weight is 615 g/mol. The zero-order valence-electron chi connectivity index (χ0n) is 26.2. The summed E-state index contributed by atoms with van der Waals surface area (Å²) in [6.45, 7) is 8.35. The number of rotatable bonds is 7. The predicted octanol–water partition coefficient (Wildman–Crippen LogP) is 11.2.